The molecule has 0 saturated heterocycles. The summed E-state index contributed by atoms with van der Waals surface area (Å²) in [5.74, 6) is 0.389. The van der Waals surface area contributed by atoms with Gasteiger partial charge in [-0.3, -0.25) is 0 Å². The van der Waals surface area contributed by atoms with Crippen molar-refractivity contribution in [3.05, 3.63) is 63.6 Å². The van der Waals surface area contributed by atoms with Crippen LogP contribution in [0.25, 0.3) is 0 Å². The van der Waals surface area contributed by atoms with Crippen LogP contribution in [0.5, 0.6) is 0 Å². The molecule has 0 unspecified atom stereocenters. The van der Waals surface area contributed by atoms with Crippen LogP contribution in [0.2, 0.25) is 5.02 Å². The third-order valence-corrected chi connectivity index (χ3v) is 6.48. The lowest BCUT2D eigenvalue weighted by molar-refractivity contribution is 0.579. The molecule has 1 heterocycles. The molecule has 2 aromatic carbocycles. The first-order valence-corrected chi connectivity index (χ1v) is 10.6. The molecule has 0 aliphatic rings. The summed E-state index contributed by atoms with van der Waals surface area (Å²) in [6, 6.07) is 13.6. The molecule has 6 nitrogen and oxygen atoms in total. The molecule has 0 radical (unpaired) electrons. The summed E-state index contributed by atoms with van der Waals surface area (Å²) in [6.45, 7) is 0. The van der Waals surface area contributed by atoms with E-state index in [9.17, 15) is 8.42 Å². The molecule has 0 saturated carbocycles. The first kappa shape index (κ1) is 18.2. The molecule has 0 amide bonds. The predicted octanol–water partition coefficient (Wildman–Crippen LogP) is 3.81. The number of aromatic nitrogens is 3. The maximum atomic E-state index is 12.6. The number of nitrogen functional groups attached to an aromatic ring is 1. The maximum Gasteiger partial charge on any atom is 0.286 e. The fraction of sp³-hybridized carbons (Fsp3) is 0.0667. The van der Waals surface area contributed by atoms with Gasteiger partial charge in [-0.15, -0.1) is 9.19 Å². The minimum Gasteiger partial charge on any atom is -0.367 e. The molecule has 0 bridgehead atoms. The van der Waals surface area contributed by atoms with E-state index in [4.69, 9.17) is 17.3 Å². The first-order chi connectivity index (χ1) is 11.9. The van der Waals surface area contributed by atoms with Crippen molar-refractivity contribution < 1.29 is 8.42 Å². The molecule has 0 atom stereocenters. The van der Waals surface area contributed by atoms with Crippen LogP contribution in [0.4, 0.5) is 5.95 Å². The zero-order valence-corrected chi connectivity index (χ0v) is 16.6. The van der Waals surface area contributed by atoms with Crippen molar-refractivity contribution in [3.63, 3.8) is 0 Å². The van der Waals surface area contributed by atoms with Gasteiger partial charge in [-0.05, 0) is 42.0 Å². The summed E-state index contributed by atoms with van der Waals surface area (Å²) in [5, 5.41) is 4.97. The number of hydrogen-bond donors (Lipinski definition) is 1. The maximum absolute atomic E-state index is 12.6. The minimum atomic E-state index is -3.89. The number of hydrogen-bond acceptors (Lipinski definition) is 6. The molecule has 0 aliphatic carbocycles. The second-order valence-electron chi connectivity index (χ2n) is 4.97. The van der Waals surface area contributed by atoms with E-state index in [1.807, 2.05) is 12.1 Å². The van der Waals surface area contributed by atoms with Crippen molar-refractivity contribution in [2.75, 3.05) is 5.73 Å². The van der Waals surface area contributed by atoms with Crippen molar-refractivity contribution in [2.45, 2.75) is 15.8 Å². The lowest BCUT2D eigenvalue weighted by atomic mass is 10.2. The molecule has 1 aromatic heterocycles. The van der Waals surface area contributed by atoms with Crippen LogP contribution in [0.1, 0.15) is 5.56 Å². The van der Waals surface area contributed by atoms with E-state index in [1.165, 1.54) is 23.9 Å². The highest BCUT2D eigenvalue weighted by atomic mass is 79.9. The Hall–Kier alpha value is -1.55. The Bertz CT molecular complexity index is 989. The van der Waals surface area contributed by atoms with Crippen LogP contribution >= 0.6 is 39.3 Å². The molecule has 3 aromatic rings. The molecule has 130 valence electrons. The van der Waals surface area contributed by atoms with E-state index < -0.39 is 10.0 Å². The lowest BCUT2D eigenvalue weighted by Crippen LogP contribution is -2.17. The van der Waals surface area contributed by atoms with E-state index >= 15 is 0 Å². The first-order valence-electron chi connectivity index (χ1n) is 6.97. The van der Waals surface area contributed by atoms with E-state index in [0.29, 0.717) is 10.8 Å². The van der Waals surface area contributed by atoms with E-state index in [-0.39, 0.29) is 16.0 Å². The summed E-state index contributed by atoms with van der Waals surface area (Å²) in [7, 11) is -3.89. The average Bonchev–Trinajstić information content (AvgIpc) is 2.96. The van der Waals surface area contributed by atoms with E-state index in [2.05, 4.69) is 26.0 Å². The molecule has 25 heavy (non-hydrogen) atoms. The van der Waals surface area contributed by atoms with Crippen LogP contribution in [0.15, 0.2) is 63.1 Å². The monoisotopic (exact) mass is 458 g/mol. The molecule has 2 N–H and O–H groups in total. The molecule has 3 rings (SSSR count). The van der Waals surface area contributed by atoms with Crippen LogP contribution < -0.4 is 5.73 Å². The van der Waals surface area contributed by atoms with Crippen LogP contribution in [0, 0.1) is 0 Å². The van der Waals surface area contributed by atoms with Crippen molar-refractivity contribution in [3.8, 4) is 0 Å². The normalized spacial score (nSPS) is 11.6. The average molecular weight is 460 g/mol. The van der Waals surface area contributed by atoms with Crippen molar-refractivity contribution >= 4 is 55.3 Å². The molecular weight excluding hydrogens is 448 g/mol. The molecule has 0 aliphatic heterocycles. The Morgan fingerprint density at radius 2 is 1.76 bits per heavy atom. The van der Waals surface area contributed by atoms with Gasteiger partial charge in [0, 0.05) is 15.2 Å². The van der Waals surface area contributed by atoms with Gasteiger partial charge < -0.3 is 5.73 Å². The standard InChI is InChI=1S/C15H12BrClN4O2S2/c16-11-3-7-13(8-4-11)25(22,23)21-14(18)19-15(20-21)24-9-10-1-5-12(17)6-2-10/h1-8H,9H2,(H2,18,19,20). The predicted molar refractivity (Wildman–Crippen MR) is 102 cm³/mol. The second-order valence-corrected chi connectivity index (χ2v) is 9.03. The van der Waals surface area contributed by atoms with E-state index in [0.717, 1.165) is 14.1 Å². The van der Waals surface area contributed by atoms with Gasteiger partial charge in [-0.25, -0.2) is 0 Å². The summed E-state index contributed by atoms with van der Waals surface area (Å²) in [6.07, 6.45) is 0. The van der Waals surface area contributed by atoms with E-state index in [1.54, 1.807) is 24.3 Å². The van der Waals surface area contributed by atoms with Gasteiger partial charge in [-0.2, -0.15) is 13.4 Å². The molecule has 0 spiro atoms. The van der Waals surface area contributed by atoms with Gasteiger partial charge >= 0.3 is 0 Å². The molecule has 10 heteroatoms. The fourth-order valence-electron chi connectivity index (χ4n) is 1.96. The number of benzene rings is 2. The van der Waals surface area contributed by atoms with Crippen molar-refractivity contribution in [1.82, 2.24) is 14.2 Å². The summed E-state index contributed by atoms with van der Waals surface area (Å²) >= 11 is 10.4. The van der Waals surface area contributed by atoms with Gasteiger partial charge in [0.05, 0.1) is 4.90 Å². The highest BCUT2D eigenvalue weighted by molar-refractivity contribution is 9.10. The van der Waals surface area contributed by atoms with Gasteiger partial charge in [0.2, 0.25) is 11.1 Å². The Kier molecular flexibility index (Phi) is 5.38. The van der Waals surface area contributed by atoms with Gasteiger partial charge in [-0.1, -0.05) is 51.4 Å². The highest BCUT2D eigenvalue weighted by Crippen LogP contribution is 2.24. The Morgan fingerprint density at radius 3 is 2.40 bits per heavy atom. The Labute approximate surface area is 162 Å². The molecular formula is C15H12BrClN4O2S2. The topological polar surface area (TPSA) is 90.9 Å². The zero-order valence-electron chi connectivity index (χ0n) is 12.6. The summed E-state index contributed by atoms with van der Waals surface area (Å²) in [5.41, 5.74) is 6.77. The fourth-order valence-corrected chi connectivity index (χ4v) is 4.34. The Balaban J connectivity index is 1.82. The Morgan fingerprint density at radius 1 is 1.12 bits per heavy atom. The molecule has 0 fully saturated rings. The third kappa shape index (κ3) is 4.17. The van der Waals surface area contributed by atoms with Crippen molar-refractivity contribution in [2.24, 2.45) is 0 Å². The SMILES string of the molecule is Nc1nc(SCc2ccc(Cl)cc2)nn1S(=O)(=O)c1ccc(Br)cc1. The van der Waals surface area contributed by atoms with Gasteiger partial charge in [0.1, 0.15) is 0 Å². The van der Waals surface area contributed by atoms with Crippen LogP contribution in [-0.4, -0.2) is 22.6 Å². The number of thioether (sulfide) groups is 1. The number of halogens is 2. The van der Waals surface area contributed by atoms with Crippen LogP contribution in [0.3, 0.4) is 0 Å². The number of nitrogens with zero attached hydrogens (tertiary/aromatic N) is 3. The number of anilines is 1. The van der Waals surface area contributed by atoms with Gasteiger partial charge in [0.15, 0.2) is 0 Å². The lowest BCUT2D eigenvalue weighted by Gasteiger charge is -2.04. The van der Waals surface area contributed by atoms with Gasteiger partial charge in [0.25, 0.3) is 10.0 Å². The third-order valence-electron chi connectivity index (χ3n) is 3.20. The summed E-state index contributed by atoms with van der Waals surface area (Å²) in [4.78, 5) is 4.12. The second kappa shape index (κ2) is 7.36. The quantitative estimate of drug-likeness (QED) is 0.584. The zero-order chi connectivity index (χ0) is 18.0. The number of rotatable bonds is 5. The number of nitrogens with two attached hydrogens (primary N) is 1. The highest BCUT2D eigenvalue weighted by Gasteiger charge is 2.22. The smallest absolute Gasteiger partial charge is 0.286 e. The van der Waals surface area contributed by atoms with Crippen LogP contribution in [-0.2, 0) is 15.8 Å². The summed E-state index contributed by atoms with van der Waals surface area (Å²) < 4.78 is 26.8. The largest absolute Gasteiger partial charge is 0.367 e. The minimum absolute atomic E-state index is 0.0848. The van der Waals surface area contributed by atoms with Crippen molar-refractivity contribution in [1.29, 1.82) is 0 Å².